The largest absolute Gasteiger partial charge is 0.522 e. The van der Waals surface area contributed by atoms with Crippen molar-refractivity contribution in [3.63, 3.8) is 0 Å². The van der Waals surface area contributed by atoms with Gasteiger partial charge in [0.15, 0.2) is 0 Å². The molecule has 100 valence electrons. The maximum absolute atomic E-state index is 11.6. The quantitative estimate of drug-likeness (QED) is 0.524. The highest BCUT2D eigenvalue weighted by Crippen LogP contribution is 2.20. The minimum Gasteiger partial charge on any atom is -0.460 e. The zero-order chi connectivity index (χ0) is 13.8. The van der Waals surface area contributed by atoms with Crippen LogP contribution in [-0.4, -0.2) is 25.5 Å². The van der Waals surface area contributed by atoms with E-state index >= 15 is 0 Å². The summed E-state index contributed by atoms with van der Waals surface area (Å²) in [4.78, 5) is 11.4. The van der Waals surface area contributed by atoms with E-state index in [9.17, 15) is 18.0 Å². The van der Waals surface area contributed by atoms with Crippen LogP contribution in [-0.2, 0) is 9.47 Å². The van der Waals surface area contributed by atoms with Crippen LogP contribution in [0.15, 0.2) is 18.2 Å². The van der Waals surface area contributed by atoms with E-state index < -0.39 is 25.5 Å². The third kappa shape index (κ3) is 4.80. The molecule has 0 aromatic heterocycles. The first kappa shape index (κ1) is 14.6. The van der Waals surface area contributed by atoms with Gasteiger partial charge in [-0.25, -0.2) is 4.79 Å². The normalized spacial score (nSPS) is 11.3. The average molecular weight is 284 g/mol. The molecule has 8 heteroatoms. The van der Waals surface area contributed by atoms with Crippen LogP contribution in [0.1, 0.15) is 10.4 Å². The van der Waals surface area contributed by atoms with Gasteiger partial charge in [0.1, 0.15) is 6.61 Å². The number of carbonyl (C=O) groups excluding carboxylic acids is 1. The standard InChI is InChI=1S/C10H9ClF3NO3/c11-7-5-6(1-2-8(7)15)9(16)17-3-4-18-10(12,13)14/h1-2,5H,3-4,15H2. The van der Waals surface area contributed by atoms with E-state index in [-0.39, 0.29) is 16.3 Å². The van der Waals surface area contributed by atoms with Crippen molar-refractivity contribution in [1.82, 2.24) is 0 Å². The van der Waals surface area contributed by atoms with E-state index in [2.05, 4.69) is 9.47 Å². The third-order valence-electron chi connectivity index (χ3n) is 1.82. The van der Waals surface area contributed by atoms with E-state index in [0.29, 0.717) is 0 Å². The molecule has 0 saturated carbocycles. The minimum absolute atomic E-state index is 0.0983. The minimum atomic E-state index is -4.74. The Morgan fingerprint density at radius 3 is 2.56 bits per heavy atom. The molecule has 2 N–H and O–H groups in total. The molecule has 0 radical (unpaired) electrons. The predicted molar refractivity (Wildman–Crippen MR) is 58.2 cm³/mol. The molecule has 0 aliphatic heterocycles. The Morgan fingerprint density at radius 2 is 2.00 bits per heavy atom. The molecule has 1 aromatic rings. The smallest absolute Gasteiger partial charge is 0.460 e. The van der Waals surface area contributed by atoms with Crippen LogP contribution < -0.4 is 5.73 Å². The number of nitrogens with two attached hydrogens (primary N) is 1. The zero-order valence-electron chi connectivity index (χ0n) is 8.96. The van der Waals surface area contributed by atoms with Crippen molar-refractivity contribution in [1.29, 1.82) is 0 Å². The molecule has 0 spiro atoms. The van der Waals surface area contributed by atoms with Gasteiger partial charge in [-0.3, -0.25) is 4.74 Å². The van der Waals surface area contributed by atoms with E-state index in [1.54, 1.807) is 0 Å². The van der Waals surface area contributed by atoms with Gasteiger partial charge >= 0.3 is 12.3 Å². The Balaban J connectivity index is 2.43. The van der Waals surface area contributed by atoms with Gasteiger partial charge in [0, 0.05) is 0 Å². The summed E-state index contributed by atoms with van der Waals surface area (Å²) in [6.07, 6.45) is -4.74. The fourth-order valence-corrected chi connectivity index (χ4v) is 1.21. The Kier molecular flexibility index (Phi) is 4.80. The fourth-order valence-electron chi connectivity index (χ4n) is 1.03. The zero-order valence-corrected chi connectivity index (χ0v) is 9.72. The van der Waals surface area contributed by atoms with Crippen molar-refractivity contribution < 1.29 is 27.4 Å². The number of benzene rings is 1. The summed E-state index contributed by atoms with van der Waals surface area (Å²) in [6.45, 7) is -1.28. The topological polar surface area (TPSA) is 61.6 Å². The summed E-state index contributed by atoms with van der Waals surface area (Å²) in [5, 5.41) is 0.163. The first-order valence-corrected chi connectivity index (χ1v) is 5.10. The van der Waals surface area contributed by atoms with Crippen LogP contribution in [0.2, 0.25) is 5.02 Å². The molecule has 0 atom stereocenters. The molecule has 18 heavy (non-hydrogen) atoms. The van der Waals surface area contributed by atoms with Crippen LogP contribution >= 0.6 is 11.6 Å². The van der Waals surface area contributed by atoms with Crippen molar-refractivity contribution >= 4 is 23.3 Å². The van der Waals surface area contributed by atoms with Crippen molar-refractivity contribution in [2.24, 2.45) is 0 Å². The highest BCUT2D eigenvalue weighted by Gasteiger charge is 2.28. The Labute approximate surface area is 105 Å². The number of ether oxygens (including phenoxy) is 2. The van der Waals surface area contributed by atoms with Crippen LogP contribution in [0, 0.1) is 0 Å². The van der Waals surface area contributed by atoms with E-state index in [4.69, 9.17) is 17.3 Å². The molecule has 0 bridgehead atoms. The van der Waals surface area contributed by atoms with Crippen molar-refractivity contribution in [3.05, 3.63) is 28.8 Å². The molecular weight excluding hydrogens is 275 g/mol. The van der Waals surface area contributed by atoms with Crippen molar-refractivity contribution in [3.8, 4) is 0 Å². The molecular formula is C10H9ClF3NO3. The summed E-state index contributed by atoms with van der Waals surface area (Å²) in [6, 6.07) is 4.02. The number of alkyl halides is 3. The maximum atomic E-state index is 11.6. The Bertz CT molecular complexity index is 437. The second-order valence-electron chi connectivity index (χ2n) is 3.17. The highest BCUT2D eigenvalue weighted by molar-refractivity contribution is 6.33. The molecule has 0 aliphatic rings. The molecule has 1 rings (SSSR count). The lowest BCUT2D eigenvalue weighted by Gasteiger charge is -2.08. The van der Waals surface area contributed by atoms with E-state index in [1.807, 2.05) is 0 Å². The molecule has 0 saturated heterocycles. The number of halogens is 4. The predicted octanol–water partition coefficient (Wildman–Crippen LogP) is 2.62. The first-order valence-electron chi connectivity index (χ1n) is 4.72. The Hall–Kier alpha value is -1.47. The second-order valence-corrected chi connectivity index (χ2v) is 3.57. The van der Waals surface area contributed by atoms with Gasteiger partial charge in [0.2, 0.25) is 0 Å². The summed E-state index contributed by atoms with van der Waals surface area (Å²) in [5.41, 5.74) is 5.81. The van der Waals surface area contributed by atoms with Gasteiger partial charge < -0.3 is 10.5 Å². The monoisotopic (exact) mass is 283 g/mol. The number of hydrogen-bond acceptors (Lipinski definition) is 4. The third-order valence-corrected chi connectivity index (χ3v) is 2.15. The van der Waals surface area contributed by atoms with Gasteiger partial charge in [0.05, 0.1) is 22.9 Å². The summed E-state index contributed by atoms with van der Waals surface area (Å²) >= 11 is 5.67. The van der Waals surface area contributed by atoms with Gasteiger partial charge in [-0.15, -0.1) is 13.2 Å². The molecule has 0 unspecified atom stereocenters. The van der Waals surface area contributed by atoms with Gasteiger partial charge in [-0.1, -0.05) is 11.6 Å². The summed E-state index contributed by atoms with van der Waals surface area (Å²) in [5.74, 6) is -0.803. The van der Waals surface area contributed by atoms with Gasteiger partial charge in [-0.05, 0) is 18.2 Å². The molecule has 0 aliphatic carbocycles. The molecule has 4 nitrogen and oxygen atoms in total. The molecule has 1 aromatic carbocycles. The van der Waals surface area contributed by atoms with Gasteiger partial charge in [-0.2, -0.15) is 0 Å². The molecule has 0 heterocycles. The number of hydrogen-bond donors (Lipinski definition) is 1. The SMILES string of the molecule is Nc1ccc(C(=O)OCCOC(F)(F)F)cc1Cl. The maximum Gasteiger partial charge on any atom is 0.522 e. The molecule has 0 fully saturated rings. The fraction of sp³-hybridized carbons (Fsp3) is 0.300. The van der Waals surface area contributed by atoms with Crippen LogP contribution in [0.5, 0.6) is 0 Å². The van der Waals surface area contributed by atoms with Crippen molar-refractivity contribution in [2.75, 3.05) is 18.9 Å². The number of carbonyl (C=O) groups is 1. The van der Waals surface area contributed by atoms with Crippen LogP contribution in [0.3, 0.4) is 0 Å². The summed E-state index contributed by atoms with van der Waals surface area (Å²) in [7, 11) is 0. The van der Waals surface area contributed by atoms with Gasteiger partial charge in [0.25, 0.3) is 0 Å². The van der Waals surface area contributed by atoms with Crippen LogP contribution in [0.25, 0.3) is 0 Å². The summed E-state index contributed by atoms with van der Waals surface area (Å²) < 4.78 is 42.8. The first-order chi connectivity index (χ1) is 8.29. The average Bonchev–Trinajstić information content (AvgIpc) is 2.26. The lowest BCUT2D eigenvalue weighted by atomic mass is 10.2. The number of nitrogen functional groups attached to an aromatic ring is 1. The lowest BCUT2D eigenvalue weighted by molar-refractivity contribution is -0.326. The van der Waals surface area contributed by atoms with Crippen molar-refractivity contribution in [2.45, 2.75) is 6.36 Å². The van der Waals surface area contributed by atoms with Crippen LogP contribution in [0.4, 0.5) is 18.9 Å². The Morgan fingerprint density at radius 1 is 1.33 bits per heavy atom. The van der Waals surface area contributed by atoms with E-state index in [0.717, 1.165) is 0 Å². The lowest BCUT2D eigenvalue weighted by Crippen LogP contribution is -2.18. The second kappa shape index (κ2) is 5.92. The molecule has 0 amide bonds. The number of rotatable bonds is 4. The van der Waals surface area contributed by atoms with E-state index in [1.165, 1.54) is 18.2 Å². The number of anilines is 1. The number of esters is 1. The highest BCUT2D eigenvalue weighted by atomic mass is 35.5.